The zero-order valence-corrected chi connectivity index (χ0v) is 5.78. The Bertz CT molecular complexity index is 49.7. The highest BCUT2D eigenvalue weighted by Crippen LogP contribution is 2.07. The van der Waals surface area contributed by atoms with Gasteiger partial charge in [-0.25, -0.2) is 0 Å². The molecule has 0 heterocycles. The molecule has 0 radical (unpaired) electrons. The third kappa shape index (κ3) is 2.63. The standard InChI is InChI=1S/C6H15N/c1-5(2)6(3,4)7/h5H,7H2,1-4H3/p+1. The molecular weight excluding hydrogens is 86.1 g/mol. The molecule has 1 heteroatoms. The minimum absolute atomic E-state index is 0.250. The molecule has 0 fully saturated rings. The first-order valence-electron chi connectivity index (χ1n) is 2.80. The van der Waals surface area contributed by atoms with Gasteiger partial charge in [-0.3, -0.25) is 0 Å². The van der Waals surface area contributed by atoms with Crippen LogP contribution in [-0.4, -0.2) is 5.54 Å². The maximum atomic E-state index is 3.97. The van der Waals surface area contributed by atoms with E-state index in [0.717, 1.165) is 0 Å². The van der Waals surface area contributed by atoms with Crippen molar-refractivity contribution < 1.29 is 5.73 Å². The average Bonchev–Trinajstić information content (AvgIpc) is 1.31. The van der Waals surface area contributed by atoms with E-state index in [2.05, 4.69) is 33.4 Å². The van der Waals surface area contributed by atoms with E-state index in [-0.39, 0.29) is 5.54 Å². The van der Waals surface area contributed by atoms with Gasteiger partial charge in [0, 0.05) is 5.92 Å². The molecule has 1 nitrogen and oxygen atoms in total. The summed E-state index contributed by atoms with van der Waals surface area (Å²) in [5.74, 6) is 0.687. The molecule has 0 saturated heterocycles. The van der Waals surface area contributed by atoms with Crippen LogP contribution in [0.1, 0.15) is 27.7 Å². The van der Waals surface area contributed by atoms with Gasteiger partial charge in [0.1, 0.15) is 0 Å². The summed E-state index contributed by atoms with van der Waals surface area (Å²) in [7, 11) is 0. The fourth-order valence-electron chi connectivity index (χ4n) is 0. The fourth-order valence-corrected chi connectivity index (χ4v) is 0. The van der Waals surface area contributed by atoms with Crippen LogP contribution in [0.3, 0.4) is 0 Å². The Morgan fingerprint density at radius 3 is 1.43 bits per heavy atom. The van der Waals surface area contributed by atoms with Crippen LogP contribution in [0.5, 0.6) is 0 Å². The van der Waals surface area contributed by atoms with Gasteiger partial charge in [-0.1, -0.05) is 13.8 Å². The molecular formula is C6H16N+. The highest BCUT2D eigenvalue weighted by atomic mass is 14.7. The number of hydrogen-bond acceptors (Lipinski definition) is 0. The monoisotopic (exact) mass is 102 g/mol. The van der Waals surface area contributed by atoms with E-state index >= 15 is 0 Å². The van der Waals surface area contributed by atoms with E-state index in [1.54, 1.807) is 0 Å². The second-order valence-electron chi connectivity index (χ2n) is 3.14. The highest BCUT2D eigenvalue weighted by molar-refractivity contribution is 4.65. The molecule has 0 aliphatic carbocycles. The average molecular weight is 102 g/mol. The summed E-state index contributed by atoms with van der Waals surface area (Å²) in [5.41, 5.74) is 4.22. The van der Waals surface area contributed by atoms with Crippen LogP contribution in [0.25, 0.3) is 0 Å². The van der Waals surface area contributed by atoms with Gasteiger partial charge in [0.2, 0.25) is 0 Å². The van der Waals surface area contributed by atoms with E-state index < -0.39 is 0 Å². The topological polar surface area (TPSA) is 27.6 Å². The van der Waals surface area contributed by atoms with Crippen LogP contribution in [0.15, 0.2) is 0 Å². The lowest BCUT2D eigenvalue weighted by Crippen LogP contribution is -2.71. The van der Waals surface area contributed by atoms with Crippen LogP contribution in [0.4, 0.5) is 0 Å². The maximum Gasteiger partial charge on any atom is 0.0912 e. The van der Waals surface area contributed by atoms with Crippen LogP contribution in [0.2, 0.25) is 0 Å². The first-order valence-corrected chi connectivity index (χ1v) is 2.80. The van der Waals surface area contributed by atoms with Gasteiger partial charge in [0.05, 0.1) is 5.54 Å². The van der Waals surface area contributed by atoms with Crippen molar-refractivity contribution in [1.29, 1.82) is 0 Å². The van der Waals surface area contributed by atoms with Crippen molar-refractivity contribution in [2.75, 3.05) is 0 Å². The zero-order valence-electron chi connectivity index (χ0n) is 5.78. The van der Waals surface area contributed by atoms with E-state index in [0.29, 0.717) is 5.92 Å². The van der Waals surface area contributed by atoms with Gasteiger partial charge in [-0.05, 0) is 13.8 Å². The SMILES string of the molecule is CC(C)C(C)(C)[NH3+]. The fraction of sp³-hybridized carbons (Fsp3) is 1.00. The number of hydrogen-bond donors (Lipinski definition) is 1. The molecule has 0 aromatic carbocycles. The minimum Gasteiger partial charge on any atom is -0.353 e. The molecule has 0 saturated carbocycles. The Kier molecular flexibility index (Phi) is 1.82. The predicted octanol–water partition coefficient (Wildman–Crippen LogP) is 0.663. The molecule has 0 atom stereocenters. The summed E-state index contributed by atoms with van der Waals surface area (Å²) in [6, 6.07) is 0. The van der Waals surface area contributed by atoms with Crippen molar-refractivity contribution in [2.45, 2.75) is 33.2 Å². The maximum absolute atomic E-state index is 3.97. The van der Waals surface area contributed by atoms with Gasteiger partial charge in [0.25, 0.3) is 0 Å². The molecule has 0 bridgehead atoms. The Balaban J connectivity index is 3.54. The molecule has 0 aliphatic rings. The Hall–Kier alpha value is -0.0400. The van der Waals surface area contributed by atoms with Crippen molar-refractivity contribution in [1.82, 2.24) is 0 Å². The minimum atomic E-state index is 0.250. The molecule has 0 rings (SSSR count). The summed E-state index contributed by atoms with van der Waals surface area (Å²) in [6.45, 7) is 8.68. The third-order valence-corrected chi connectivity index (χ3v) is 1.56. The lowest BCUT2D eigenvalue weighted by atomic mass is 9.92. The van der Waals surface area contributed by atoms with Crippen LogP contribution in [0, 0.1) is 5.92 Å². The second-order valence-corrected chi connectivity index (χ2v) is 3.14. The Labute approximate surface area is 45.9 Å². The Morgan fingerprint density at radius 2 is 1.43 bits per heavy atom. The first-order chi connectivity index (χ1) is 2.94. The summed E-state index contributed by atoms with van der Waals surface area (Å²) >= 11 is 0. The molecule has 7 heavy (non-hydrogen) atoms. The molecule has 44 valence electrons. The van der Waals surface area contributed by atoms with E-state index in [4.69, 9.17) is 0 Å². The largest absolute Gasteiger partial charge is 0.353 e. The van der Waals surface area contributed by atoms with E-state index in [1.807, 2.05) is 0 Å². The zero-order chi connectivity index (χ0) is 6.08. The molecule has 0 aliphatic heterocycles. The highest BCUT2D eigenvalue weighted by Gasteiger charge is 2.18. The van der Waals surface area contributed by atoms with Gasteiger partial charge >= 0.3 is 0 Å². The molecule has 0 aromatic rings. The van der Waals surface area contributed by atoms with Gasteiger partial charge in [-0.2, -0.15) is 0 Å². The summed E-state index contributed by atoms with van der Waals surface area (Å²) in [4.78, 5) is 0. The third-order valence-electron chi connectivity index (χ3n) is 1.56. The lowest BCUT2D eigenvalue weighted by Gasteiger charge is -2.18. The van der Waals surface area contributed by atoms with Crippen LogP contribution < -0.4 is 5.73 Å². The van der Waals surface area contributed by atoms with E-state index in [1.165, 1.54) is 0 Å². The van der Waals surface area contributed by atoms with Crippen molar-refractivity contribution >= 4 is 0 Å². The first kappa shape index (κ1) is 6.96. The van der Waals surface area contributed by atoms with Crippen molar-refractivity contribution in [3.63, 3.8) is 0 Å². The molecule has 0 aromatic heterocycles. The van der Waals surface area contributed by atoms with Gasteiger partial charge < -0.3 is 5.73 Å². The van der Waals surface area contributed by atoms with Gasteiger partial charge in [-0.15, -0.1) is 0 Å². The van der Waals surface area contributed by atoms with E-state index in [9.17, 15) is 0 Å². The molecule has 3 N–H and O–H groups in total. The lowest BCUT2D eigenvalue weighted by molar-refractivity contribution is -0.477. The van der Waals surface area contributed by atoms with Crippen LogP contribution in [-0.2, 0) is 0 Å². The molecule has 0 unspecified atom stereocenters. The van der Waals surface area contributed by atoms with Crippen molar-refractivity contribution in [2.24, 2.45) is 5.92 Å². The smallest absolute Gasteiger partial charge is 0.0912 e. The van der Waals surface area contributed by atoms with Crippen LogP contribution >= 0.6 is 0 Å². The summed E-state index contributed by atoms with van der Waals surface area (Å²) < 4.78 is 0. The predicted molar refractivity (Wildman–Crippen MR) is 31.8 cm³/mol. The quantitative estimate of drug-likeness (QED) is 0.504. The second kappa shape index (κ2) is 1.83. The van der Waals surface area contributed by atoms with Gasteiger partial charge in [0.15, 0.2) is 0 Å². The Morgan fingerprint density at radius 1 is 1.29 bits per heavy atom. The number of rotatable bonds is 1. The molecule has 0 spiro atoms. The van der Waals surface area contributed by atoms with Crippen molar-refractivity contribution in [3.05, 3.63) is 0 Å². The normalized spacial score (nSPS) is 12.9. The molecule has 0 amide bonds. The summed E-state index contributed by atoms with van der Waals surface area (Å²) in [6.07, 6.45) is 0. The number of quaternary nitrogens is 1. The van der Waals surface area contributed by atoms with Crippen molar-refractivity contribution in [3.8, 4) is 0 Å². The summed E-state index contributed by atoms with van der Waals surface area (Å²) in [5, 5.41) is 0.